The van der Waals surface area contributed by atoms with Crippen LogP contribution in [-0.2, 0) is 10.8 Å². The summed E-state index contributed by atoms with van der Waals surface area (Å²) >= 11 is 0. The highest BCUT2D eigenvalue weighted by Crippen LogP contribution is 2.45. The molecule has 1 N–H and O–H groups in total. The van der Waals surface area contributed by atoms with E-state index in [1.165, 1.54) is 5.56 Å². The van der Waals surface area contributed by atoms with Crippen molar-refractivity contribution in [3.8, 4) is 23.0 Å². The van der Waals surface area contributed by atoms with Crippen molar-refractivity contribution in [3.05, 3.63) is 35.4 Å². The lowest BCUT2D eigenvalue weighted by atomic mass is 9.86. The molecule has 0 radical (unpaired) electrons. The summed E-state index contributed by atoms with van der Waals surface area (Å²) in [7, 11) is -5.62. The van der Waals surface area contributed by atoms with Gasteiger partial charge >= 0.3 is 0 Å². The molecule has 0 amide bonds. The molecule has 0 spiro atoms. The van der Waals surface area contributed by atoms with E-state index in [1.807, 2.05) is 6.07 Å². The zero-order valence-corrected chi connectivity index (χ0v) is 31.5. The van der Waals surface area contributed by atoms with E-state index in [0.717, 1.165) is 47.3 Å². The van der Waals surface area contributed by atoms with Gasteiger partial charge in [0, 0.05) is 36.3 Å². The van der Waals surface area contributed by atoms with Crippen LogP contribution in [0.4, 0.5) is 11.4 Å². The average Bonchev–Trinajstić information content (AvgIpc) is 3.20. The molecule has 0 aliphatic carbocycles. The van der Waals surface area contributed by atoms with Crippen LogP contribution in [0, 0.1) is 0 Å². The van der Waals surface area contributed by atoms with Crippen LogP contribution in [0.25, 0.3) is 0 Å². The Morgan fingerprint density at radius 3 is 1.34 bits per heavy atom. The Morgan fingerprint density at radius 1 is 0.561 bits per heavy atom. The van der Waals surface area contributed by atoms with E-state index in [1.54, 1.807) is 0 Å². The summed E-state index contributed by atoms with van der Waals surface area (Å²) in [5.41, 5.74) is 3.85. The van der Waals surface area contributed by atoms with Gasteiger partial charge in [-0.2, -0.15) is 0 Å². The minimum Gasteiger partial charge on any atom is -0.544 e. The molecule has 0 atom stereocenters. The number of rotatable bonds is 8. The lowest BCUT2D eigenvalue weighted by Crippen LogP contribution is -2.33. The smallest absolute Gasteiger partial charge is 0.242 e. The van der Waals surface area contributed by atoms with E-state index in [4.69, 9.17) is 13.3 Å². The normalized spacial score (nSPS) is 15.4. The number of aromatic hydroxyl groups is 1. The Morgan fingerprint density at radius 2 is 0.927 bits per heavy atom. The van der Waals surface area contributed by atoms with Gasteiger partial charge in [0.2, 0.25) is 25.0 Å². The molecule has 0 aromatic heterocycles. The first-order chi connectivity index (χ1) is 18.3. The molecular weight excluding hydrogens is 561 g/mol. The summed E-state index contributed by atoms with van der Waals surface area (Å²) < 4.78 is 20.0. The molecule has 3 rings (SSSR count). The minimum absolute atomic E-state index is 0.0878. The highest BCUT2D eigenvalue weighted by atomic mass is 28.4. The first-order valence-electron chi connectivity index (χ1n) is 15.0. The molecule has 1 aliphatic heterocycles. The topological polar surface area (TPSA) is 54.4 Å². The standard InChI is InChI=1S/C32H56N2O4Si3/c1-31(2,3)23-18-27(35)25(20-28(23)36-39(7,8)9)33-16-17-34(22-33)26-21-29(37-40(10,11)12)24(32(4,5)6)19-30(26)38-41(13,14)15/h18-21,35H,16-17,22H2,1-15H3. The van der Waals surface area contributed by atoms with Gasteiger partial charge in [-0.15, -0.1) is 0 Å². The summed E-state index contributed by atoms with van der Waals surface area (Å²) in [4.78, 5) is 4.60. The summed E-state index contributed by atoms with van der Waals surface area (Å²) in [5, 5.41) is 11.3. The first kappa shape index (κ1) is 33.4. The highest BCUT2D eigenvalue weighted by molar-refractivity contribution is 6.71. The molecule has 1 aliphatic rings. The van der Waals surface area contributed by atoms with Crippen LogP contribution in [0.15, 0.2) is 24.3 Å². The molecule has 41 heavy (non-hydrogen) atoms. The molecule has 6 nitrogen and oxygen atoms in total. The van der Waals surface area contributed by atoms with Gasteiger partial charge in [0.15, 0.2) is 0 Å². The second kappa shape index (κ2) is 11.2. The highest BCUT2D eigenvalue weighted by Gasteiger charge is 2.33. The van der Waals surface area contributed by atoms with Gasteiger partial charge in [0.05, 0.1) is 18.0 Å². The maximum absolute atomic E-state index is 11.3. The molecule has 1 heterocycles. The third-order valence-corrected chi connectivity index (χ3v) is 9.16. The van der Waals surface area contributed by atoms with Crippen molar-refractivity contribution in [2.75, 3.05) is 29.6 Å². The number of hydrogen-bond acceptors (Lipinski definition) is 6. The fourth-order valence-electron chi connectivity index (χ4n) is 5.00. The van der Waals surface area contributed by atoms with E-state index < -0.39 is 25.0 Å². The lowest BCUT2D eigenvalue weighted by Gasteiger charge is -2.33. The number of phenols is 1. The lowest BCUT2D eigenvalue weighted by molar-refractivity contribution is 0.462. The number of hydrogen-bond donors (Lipinski definition) is 1. The van der Waals surface area contributed by atoms with Crippen molar-refractivity contribution >= 4 is 36.3 Å². The molecule has 0 unspecified atom stereocenters. The first-order valence-corrected chi connectivity index (χ1v) is 25.2. The second-order valence-corrected chi connectivity index (χ2v) is 29.8. The van der Waals surface area contributed by atoms with Gasteiger partial charge in [-0.1, -0.05) is 41.5 Å². The zero-order chi connectivity index (χ0) is 31.3. The Labute approximate surface area is 253 Å². The number of benzene rings is 2. The van der Waals surface area contributed by atoms with Crippen molar-refractivity contribution in [2.24, 2.45) is 0 Å². The number of nitrogens with zero attached hydrogens (tertiary/aromatic N) is 2. The molecule has 0 saturated carbocycles. The van der Waals surface area contributed by atoms with Crippen LogP contribution in [-0.4, -0.2) is 49.8 Å². The molecular formula is C32H56N2O4Si3. The summed E-state index contributed by atoms with van der Waals surface area (Å²) in [6, 6.07) is 8.39. The van der Waals surface area contributed by atoms with Crippen LogP contribution in [0.2, 0.25) is 58.9 Å². The molecule has 0 bridgehead atoms. The molecule has 2 aromatic carbocycles. The van der Waals surface area contributed by atoms with Gasteiger partial charge in [0.1, 0.15) is 23.0 Å². The summed E-state index contributed by atoms with van der Waals surface area (Å²) in [6.45, 7) is 35.4. The zero-order valence-electron chi connectivity index (χ0n) is 28.5. The predicted octanol–water partition coefficient (Wildman–Crippen LogP) is 8.91. The summed E-state index contributed by atoms with van der Waals surface area (Å²) in [5.74, 6) is 3.06. The van der Waals surface area contributed by atoms with Crippen LogP contribution in [0.5, 0.6) is 23.0 Å². The van der Waals surface area contributed by atoms with E-state index in [-0.39, 0.29) is 10.8 Å². The largest absolute Gasteiger partial charge is 0.544 e. The van der Waals surface area contributed by atoms with Crippen LogP contribution in [0.3, 0.4) is 0 Å². The molecule has 1 fully saturated rings. The molecule has 9 heteroatoms. The number of anilines is 2. The monoisotopic (exact) mass is 616 g/mol. The third kappa shape index (κ3) is 8.94. The van der Waals surface area contributed by atoms with Crippen molar-refractivity contribution in [1.82, 2.24) is 0 Å². The Bertz CT molecular complexity index is 1250. The van der Waals surface area contributed by atoms with Crippen molar-refractivity contribution in [1.29, 1.82) is 0 Å². The third-order valence-electron chi connectivity index (χ3n) is 6.67. The van der Waals surface area contributed by atoms with Gasteiger partial charge in [-0.25, -0.2) is 0 Å². The van der Waals surface area contributed by atoms with E-state index >= 15 is 0 Å². The Kier molecular flexibility index (Phi) is 9.11. The predicted molar refractivity (Wildman–Crippen MR) is 183 cm³/mol. The minimum atomic E-state index is -1.90. The fourth-order valence-corrected chi connectivity index (χ4v) is 7.48. The molecule has 230 valence electrons. The quantitative estimate of drug-likeness (QED) is 0.299. The second-order valence-electron chi connectivity index (χ2n) is 16.5. The van der Waals surface area contributed by atoms with E-state index in [9.17, 15) is 5.11 Å². The Hall–Kier alpha value is -2.11. The number of phenolic OH excluding ortho intramolecular Hbond substituents is 1. The van der Waals surface area contributed by atoms with Gasteiger partial charge < -0.3 is 28.2 Å². The van der Waals surface area contributed by atoms with Crippen LogP contribution >= 0.6 is 0 Å². The average molecular weight is 617 g/mol. The van der Waals surface area contributed by atoms with Gasteiger partial charge in [-0.05, 0) is 81.9 Å². The van der Waals surface area contributed by atoms with Gasteiger partial charge in [0.25, 0.3) is 0 Å². The maximum atomic E-state index is 11.3. The van der Waals surface area contributed by atoms with Crippen LogP contribution < -0.4 is 23.1 Å². The Balaban J connectivity index is 2.09. The summed E-state index contributed by atoms with van der Waals surface area (Å²) in [6.07, 6.45) is 0. The van der Waals surface area contributed by atoms with Gasteiger partial charge in [-0.3, -0.25) is 0 Å². The van der Waals surface area contributed by atoms with Crippen molar-refractivity contribution < 1.29 is 18.4 Å². The molecule has 2 aromatic rings. The maximum Gasteiger partial charge on any atom is 0.242 e. The van der Waals surface area contributed by atoms with E-state index in [0.29, 0.717) is 12.4 Å². The van der Waals surface area contributed by atoms with E-state index in [2.05, 4.69) is 128 Å². The van der Waals surface area contributed by atoms with Crippen molar-refractivity contribution in [2.45, 2.75) is 111 Å². The molecule has 1 saturated heterocycles. The van der Waals surface area contributed by atoms with Crippen molar-refractivity contribution in [3.63, 3.8) is 0 Å². The SMILES string of the molecule is CC(C)(C)c1cc(O)c(N2CCN(c3cc(O[Si](C)(C)C)c(C(C)(C)C)cc3O[Si](C)(C)C)C2)cc1O[Si](C)(C)C. The fraction of sp³-hybridized carbons (Fsp3) is 0.625. The van der Waals surface area contributed by atoms with Crippen LogP contribution in [0.1, 0.15) is 52.7 Å².